The third-order valence-electron chi connectivity index (χ3n) is 2.60. The molecule has 2 rings (SSSR count). The summed E-state index contributed by atoms with van der Waals surface area (Å²) < 4.78 is 1.82. The summed E-state index contributed by atoms with van der Waals surface area (Å²) in [5, 5.41) is 13.5. The Kier molecular flexibility index (Phi) is 2.96. The van der Waals surface area contributed by atoms with Crippen LogP contribution in [0.25, 0.3) is 0 Å². The SMILES string of the molecule is Cc1nn(Cc2ncccn2)c(C)c1CO. The second-order valence-electron chi connectivity index (χ2n) is 3.63. The lowest BCUT2D eigenvalue weighted by atomic mass is 10.2. The number of hydrogen-bond acceptors (Lipinski definition) is 4. The molecule has 5 nitrogen and oxygen atoms in total. The molecule has 2 aromatic rings. The zero-order valence-corrected chi connectivity index (χ0v) is 9.38. The highest BCUT2D eigenvalue weighted by Gasteiger charge is 2.10. The molecule has 0 aliphatic carbocycles. The molecule has 2 aromatic heterocycles. The fourth-order valence-corrected chi connectivity index (χ4v) is 1.66. The van der Waals surface area contributed by atoms with Crippen LogP contribution in [0.15, 0.2) is 18.5 Å². The Morgan fingerprint density at radius 2 is 1.94 bits per heavy atom. The van der Waals surface area contributed by atoms with Crippen LogP contribution in [-0.4, -0.2) is 24.9 Å². The number of aryl methyl sites for hydroxylation is 1. The number of nitrogens with zero attached hydrogens (tertiary/aromatic N) is 4. The molecule has 0 aromatic carbocycles. The van der Waals surface area contributed by atoms with Crippen molar-refractivity contribution >= 4 is 0 Å². The molecule has 0 spiro atoms. The quantitative estimate of drug-likeness (QED) is 0.828. The molecule has 16 heavy (non-hydrogen) atoms. The number of aliphatic hydroxyl groups is 1. The van der Waals surface area contributed by atoms with Gasteiger partial charge in [0.2, 0.25) is 0 Å². The van der Waals surface area contributed by atoms with E-state index in [1.165, 1.54) is 0 Å². The fraction of sp³-hybridized carbons (Fsp3) is 0.364. The molecule has 84 valence electrons. The Hall–Kier alpha value is -1.75. The van der Waals surface area contributed by atoms with Gasteiger partial charge in [0, 0.05) is 23.7 Å². The van der Waals surface area contributed by atoms with E-state index in [9.17, 15) is 5.11 Å². The van der Waals surface area contributed by atoms with Gasteiger partial charge in [-0.25, -0.2) is 9.97 Å². The topological polar surface area (TPSA) is 63.8 Å². The van der Waals surface area contributed by atoms with Crippen LogP contribution in [-0.2, 0) is 13.2 Å². The lowest BCUT2D eigenvalue weighted by Crippen LogP contribution is -2.07. The minimum absolute atomic E-state index is 0.0211. The lowest BCUT2D eigenvalue weighted by molar-refractivity contribution is 0.280. The molecule has 0 atom stereocenters. The zero-order chi connectivity index (χ0) is 11.5. The summed E-state index contributed by atoms with van der Waals surface area (Å²) in [5.41, 5.74) is 2.71. The van der Waals surface area contributed by atoms with Crippen molar-refractivity contribution in [2.75, 3.05) is 0 Å². The summed E-state index contributed by atoms with van der Waals surface area (Å²) in [6.07, 6.45) is 3.42. The molecule has 0 bridgehead atoms. The van der Waals surface area contributed by atoms with Crippen molar-refractivity contribution in [2.24, 2.45) is 0 Å². The molecule has 0 fully saturated rings. The predicted octanol–water partition coefficient (Wildman–Crippen LogP) is 0.831. The van der Waals surface area contributed by atoms with Crippen LogP contribution < -0.4 is 0 Å². The average molecular weight is 218 g/mol. The van der Waals surface area contributed by atoms with E-state index in [1.807, 2.05) is 18.5 Å². The monoisotopic (exact) mass is 218 g/mol. The first-order chi connectivity index (χ1) is 7.72. The van der Waals surface area contributed by atoms with Crippen molar-refractivity contribution < 1.29 is 5.11 Å². The van der Waals surface area contributed by atoms with Crippen molar-refractivity contribution in [3.63, 3.8) is 0 Å². The normalized spacial score (nSPS) is 10.7. The highest BCUT2D eigenvalue weighted by Crippen LogP contribution is 2.13. The van der Waals surface area contributed by atoms with E-state index in [0.717, 1.165) is 22.8 Å². The van der Waals surface area contributed by atoms with Gasteiger partial charge in [-0.1, -0.05) is 0 Å². The maximum absolute atomic E-state index is 9.19. The first kappa shape index (κ1) is 10.8. The van der Waals surface area contributed by atoms with Gasteiger partial charge in [-0.2, -0.15) is 5.10 Å². The van der Waals surface area contributed by atoms with Gasteiger partial charge < -0.3 is 5.11 Å². The van der Waals surface area contributed by atoms with Gasteiger partial charge in [0.1, 0.15) is 12.4 Å². The molecule has 5 heteroatoms. The van der Waals surface area contributed by atoms with Crippen LogP contribution in [0.3, 0.4) is 0 Å². The number of aliphatic hydroxyl groups excluding tert-OH is 1. The van der Waals surface area contributed by atoms with Crippen LogP contribution >= 0.6 is 0 Å². The van der Waals surface area contributed by atoms with Crippen molar-refractivity contribution in [2.45, 2.75) is 27.0 Å². The van der Waals surface area contributed by atoms with E-state index in [2.05, 4.69) is 15.1 Å². The van der Waals surface area contributed by atoms with E-state index in [1.54, 1.807) is 18.5 Å². The maximum atomic E-state index is 9.19. The van der Waals surface area contributed by atoms with Gasteiger partial charge in [0.25, 0.3) is 0 Å². The minimum Gasteiger partial charge on any atom is -0.392 e. The molecular formula is C11H14N4O. The first-order valence-electron chi connectivity index (χ1n) is 5.12. The molecule has 0 saturated heterocycles. The van der Waals surface area contributed by atoms with Crippen LogP contribution in [0.4, 0.5) is 0 Å². The molecule has 2 heterocycles. The molecule has 0 aliphatic rings. The van der Waals surface area contributed by atoms with Crippen molar-refractivity contribution in [3.05, 3.63) is 41.2 Å². The fourth-order valence-electron chi connectivity index (χ4n) is 1.66. The van der Waals surface area contributed by atoms with E-state index in [0.29, 0.717) is 6.54 Å². The van der Waals surface area contributed by atoms with Gasteiger partial charge in [-0.3, -0.25) is 4.68 Å². The van der Waals surface area contributed by atoms with E-state index in [4.69, 9.17) is 0 Å². The molecule has 0 radical (unpaired) electrons. The Balaban J connectivity index is 2.29. The smallest absolute Gasteiger partial charge is 0.149 e. The average Bonchev–Trinajstić information content (AvgIpc) is 2.55. The highest BCUT2D eigenvalue weighted by molar-refractivity contribution is 5.23. The minimum atomic E-state index is 0.0211. The summed E-state index contributed by atoms with van der Waals surface area (Å²) in [5.74, 6) is 0.720. The van der Waals surface area contributed by atoms with Crippen LogP contribution in [0, 0.1) is 13.8 Å². The number of aromatic nitrogens is 4. The van der Waals surface area contributed by atoms with Crippen molar-refractivity contribution in [1.82, 2.24) is 19.7 Å². The van der Waals surface area contributed by atoms with Gasteiger partial charge in [0.05, 0.1) is 12.3 Å². The predicted molar refractivity (Wildman–Crippen MR) is 58.8 cm³/mol. The summed E-state index contributed by atoms with van der Waals surface area (Å²) in [6.45, 7) is 4.39. The second kappa shape index (κ2) is 4.40. The molecule has 1 N–H and O–H groups in total. The van der Waals surface area contributed by atoms with Crippen molar-refractivity contribution in [1.29, 1.82) is 0 Å². The second-order valence-corrected chi connectivity index (χ2v) is 3.63. The number of rotatable bonds is 3. The lowest BCUT2D eigenvalue weighted by Gasteiger charge is -2.03. The van der Waals surface area contributed by atoms with Gasteiger partial charge in [-0.15, -0.1) is 0 Å². The summed E-state index contributed by atoms with van der Waals surface area (Å²) in [7, 11) is 0. The van der Waals surface area contributed by atoms with Crippen LogP contribution in [0.5, 0.6) is 0 Å². The Morgan fingerprint density at radius 3 is 2.50 bits per heavy atom. The van der Waals surface area contributed by atoms with Gasteiger partial charge in [0.15, 0.2) is 0 Å². The largest absolute Gasteiger partial charge is 0.392 e. The zero-order valence-electron chi connectivity index (χ0n) is 9.38. The molecule has 0 saturated carbocycles. The summed E-state index contributed by atoms with van der Waals surface area (Å²) >= 11 is 0. The summed E-state index contributed by atoms with van der Waals surface area (Å²) in [6, 6.07) is 1.78. The van der Waals surface area contributed by atoms with E-state index in [-0.39, 0.29) is 6.61 Å². The summed E-state index contributed by atoms with van der Waals surface area (Å²) in [4.78, 5) is 8.29. The Labute approximate surface area is 93.8 Å². The third kappa shape index (κ3) is 1.94. The van der Waals surface area contributed by atoms with Crippen LogP contribution in [0.1, 0.15) is 22.8 Å². The number of hydrogen-bond donors (Lipinski definition) is 1. The van der Waals surface area contributed by atoms with E-state index < -0.39 is 0 Å². The standard InChI is InChI=1S/C11H14N4O/c1-8-10(7-16)9(2)15(14-8)6-11-12-4-3-5-13-11/h3-5,16H,6-7H2,1-2H3. The first-order valence-corrected chi connectivity index (χ1v) is 5.12. The highest BCUT2D eigenvalue weighted by atomic mass is 16.3. The Bertz CT molecular complexity index is 478. The third-order valence-corrected chi connectivity index (χ3v) is 2.60. The van der Waals surface area contributed by atoms with Crippen molar-refractivity contribution in [3.8, 4) is 0 Å². The van der Waals surface area contributed by atoms with E-state index >= 15 is 0 Å². The molecule has 0 aliphatic heterocycles. The van der Waals surface area contributed by atoms with Gasteiger partial charge >= 0.3 is 0 Å². The molecule has 0 amide bonds. The van der Waals surface area contributed by atoms with Crippen LogP contribution in [0.2, 0.25) is 0 Å². The van der Waals surface area contributed by atoms with Gasteiger partial charge in [-0.05, 0) is 19.9 Å². The molecule has 0 unspecified atom stereocenters. The molecular weight excluding hydrogens is 204 g/mol. The Morgan fingerprint density at radius 1 is 1.25 bits per heavy atom. The maximum Gasteiger partial charge on any atom is 0.149 e.